The summed E-state index contributed by atoms with van der Waals surface area (Å²) in [6.45, 7) is 2.73. The normalized spacial score (nSPS) is 27.4. The maximum absolute atomic E-state index is 12.4. The fourth-order valence-corrected chi connectivity index (χ4v) is 4.21. The number of hydrogen-bond donors (Lipinski definition) is 0. The number of hydrogen-bond acceptors (Lipinski definition) is 4. The summed E-state index contributed by atoms with van der Waals surface area (Å²) in [5.41, 5.74) is 1.97. The van der Waals surface area contributed by atoms with Gasteiger partial charge in [-0.3, -0.25) is 14.4 Å². The Morgan fingerprint density at radius 1 is 1.24 bits per heavy atom. The van der Waals surface area contributed by atoms with Gasteiger partial charge in [-0.2, -0.15) is 5.10 Å². The number of aromatic nitrogens is 2. The maximum atomic E-state index is 12.4. The molecule has 0 spiro atoms. The zero-order valence-electron chi connectivity index (χ0n) is 14.8. The molecule has 0 radical (unpaired) electrons. The fraction of sp³-hybridized carbons (Fsp3) is 0.474. The lowest BCUT2D eigenvalue weighted by Gasteiger charge is -2.54. The van der Waals surface area contributed by atoms with Crippen LogP contribution in [0.3, 0.4) is 0 Å². The van der Waals surface area contributed by atoms with Crippen LogP contribution in [-0.4, -0.2) is 58.3 Å². The van der Waals surface area contributed by atoms with Gasteiger partial charge < -0.3 is 9.64 Å². The molecule has 0 unspecified atom stereocenters. The van der Waals surface area contributed by atoms with Crippen molar-refractivity contribution in [2.75, 3.05) is 26.7 Å². The van der Waals surface area contributed by atoms with Crippen molar-refractivity contribution in [3.63, 3.8) is 0 Å². The Labute approximate surface area is 148 Å². The summed E-state index contributed by atoms with van der Waals surface area (Å²) >= 11 is 0. The molecule has 1 amide bonds. The van der Waals surface area contributed by atoms with Crippen molar-refractivity contribution in [1.29, 1.82) is 0 Å². The number of carbonyl (C=O) groups excluding carboxylic acids is 1. The summed E-state index contributed by atoms with van der Waals surface area (Å²) < 4.78 is 7.96. The molecule has 0 bridgehead atoms. The number of benzene rings is 1. The van der Waals surface area contributed by atoms with Crippen LogP contribution in [0.25, 0.3) is 0 Å². The lowest BCUT2D eigenvalue weighted by molar-refractivity contribution is -0.183. The van der Waals surface area contributed by atoms with E-state index in [1.165, 1.54) is 5.69 Å². The Balaban J connectivity index is 1.62. The van der Waals surface area contributed by atoms with Crippen LogP contribution in [0.1, 0.15) is 17.7 Å². The molecule has 25 heavy (non-hydrogen) atoms. The monoisotopic (exact) mass is 340 g/mol. The topological polar surface area (TPSA) is 50.6 Å². The van der Waals surface area contributed by atoms with Gasteiger partial charge >= 0.3 is 0 Å². The fourth-order valence-electron chi connectivity index (χ4n) is 4.21. The number of rotatable bonds is 3. The summed E-state index contributed by atoms with van der Waals surface area (Å²) in [4.78, 5) is 16.7. The van der Waals surface area contributed by atoms with Crippen molar-refractivity contribution in [2.24, 2.45) is 7.05 Å². The summed E-state index contributed by atoms with van der Waals surface area (Å²) in [7, 11) is 3.89. The molecule has 2 saturated heterocycles. The Hall–Kier alpha value is -2.18. The zero-order chi connectivity index (χ0) is 17.4. The first-order chi connectivity index (χ1) is 12.1. The largest absolute Gasteiger partial charge is 0.364 e. The smallest absolute Gasteiger partial charge is 0.249 e. The first-order valence-electron chi connectivity index (χ1n) is 8.74. The number of likely N-dealkylation sites (tertiary alicyclic amines) is 1. The number of piperidine rings is 1. The molecule has 2 aliphatic rings. The van der Waals surface area contributed by atoms with Crippen LogP contribution in [0.5, 0.6) is 0 Å². The Morgan fingerprint density at radius 3 is 2.76 bits per heavy atom. The minimum absolute atomic E-state index is 0.0282. The summed E-state index contributed by atoms with van der Waals surface area (Å²) in [6.07, 6.45) is 2.67. The van der Waals surface area contributed by atoms with Crippen molar-refractivity contribution in [3.8, 4) is 0 Å². The van der Waals surface area contributed by atoms with E-state index in [0.717, 1.165) is 31.6 Å². The first-order valence-corrected chi connectivity index (χ1v) is 8.74. The van der Waals surface area contributed by atoms with Crippen molar-refractivity contribution < 1.29 is 9.53 Å². The average Bonchev–Trinajstić information content (AvgIpc) is 3.04. The number of ether oxygens (including phenoxy) is 1. The molecule has 0 N–H and O–H groups in total. The molecule has 3 heterocycles. The molecule has 0 saturated carbocycles. The molecule has 2 aliphatic heterocycles. The molecule has 6 heteroatoms. The van der Waals surface area contributed by atoms with Gasteiger partial charge in [0.05, 0.1) is 17.3 Å². The molecule has 132 valence electrons. The van der Waals surface area contributed by atoms with Crippen molar-refractivity contribution >= 4 is 5.91 Å². The minimum Gasteiger partial charge on any atom is -0.364 e. The van der Waals surface area contributed by atoms with Gasteiger partial charge in [0.15, 0.2) is 0 Å². The van der Waals surface area contributed by atoms with Crippen molar-refractivity contribution in [3.05, 3.63) is 53.9 Å². The molecule has 2 aromatic rings. The van der Waals surface area contributed by atoms with Gasteiger partial charge in [-0.15, -0.1) is 0 Å². The van der Waals surface area contributed by atoms with E-state index in [0.29, 0.717) is 0 Å². The summed E-state index contributed by atoms with van der Waals surface area (Å²) in [5, 5.41) is 4.25. The van der Waals surface area contributed by atoms with E-state index >= 15 is 0 Å². The Morgan fingerprint density at radius 2 is 2.04 bits per heavy atom. The van der Waals surface area contributed by atoms with Crippen LogP contribution >= 0.6 is 0 Å². The molecular formula is C19H24N4O2. The first kappa shape index (κ1) is 16.3. The highest BCUT2D eigenvalue weighted by Gasteiger charge is 2.52. The lowest BCUT2D eigenvalue weighted by atomic mass is 9.76. The predicted octanol–water partition coefficient (Wildman–Crippen LogP) is 1.38. The molecule has 1 aromatic heterocycles. The second-order valence-electron chi connectivity index (χ2n) is 6.97. The van der Waals surface area contributed by atoms with Gasteiger partial charge in [0.25, 0.3) is 0 Å². The third-order valence-electron chi connectivity index (χ3n) is 5.73. The van der Waals surface area contributed by atoms with Crippen LogP contribution in [-0.2, 0) is 28.7 Å². The van der Waals surface area contributed by atoms with E-state index in [2.05, 4.69) is 28.2 Å². The molecule has 2 fully saturated rings. The predicted molar refractivity (Wildman–Crippen MR) is 93.7 cm³/mol. The van der Waals surface area contributed by atoms with Crippen LogP contribution in [0.15, 0.2) is 42.6 Å². The third kappa shape index (κ3) is 2.65. The van der Waals surface area contributed by atoms with Gasteiger partial charge in [0, 0.05) is 39.9 Å². The minimum atomic E-state index is -0.375. The second kappa shape index (κ2) is 6.28. The molecule has 1 aromatic carbocycles. The van der Waals surface area contributed by atoms with E-state index in [-0.39, 0.29) is 24.2 Å². The SMILES string of the molecule is CN1C(=O)CO[C@@H]2CN(Cc3ccnn3C)CC[C@]21c1ccccc1. The highest BCUT2D eigenvalue weighted by molar-refractivity contribution is 5.79. The average molecular weight is 340 g/mol. The number of morpholine rings is 1. The van der Waals surface area contributed by atoms with Crippen LogP contribution < -0.4 is 0 Å². The highest BCUT2D eigenvalue weighted by Crippen LogP contribution is 2.42. The van der Waals surface area contributed by atoms with Gasteiger partial charge in [-0.25, -0.2) is 0 Å². The number of aryl methyl sites for hydroxylation is 1. The second-order valence-corrected chi connectivity index (χ2v) is 6.97. The Bertz CT molecular complexity index is 760. The van der Waals surface area contributed by atoms with E-state index in [9.17, 15) is 4.79 Å². The Kier molecular flexibility index (Phi) is 4.09. The van der Waals surface area contributed by atoms with Crippen LogP contribution in [0.2, 0.25) is 0 Å². The molecule has 2 atom stereocenters. The van der Waals surface area contributed by atoms with E-state index in [4.69, 9.17) is 4.74 Å². The van der Waals surface area contributed by atoms with Gasteiger partial charge in [-0.05, 0) is 18.1 Å². The molecular weight excluding hydrogens is 316 g/mol. The van der Waals surface area contributed by atoms with E-state index in [1.807, 2.05) is 48.1 Å². The van der Waals surface area contributed by atoms with Gasteiger partial charge in [0.2, 0.25) is 5.91 Å². The number of nitrogens with zero attached hydrogens (tertiary/aromatic N) is 4. The summed E-state index contributed by atoms with van der Waals surface area (Å²) in [6, 6.07) is 12.4. The standard InChI is InChI=1S/C19H24N4O2/c1-21-18(24)14-25-17-13-23(12-16-8-10-20-22(16)2)11-9-19(17,21)15-6-4-3-5-7-15/h3-8,10,17H,9,11-14H2,1-2H3/t17-,19+/m1/s1. The number of carbonyl (C=O) groups is 1. The van der Waals surface area contributed by atoms with E-state index < -0.39 is 0 Å². The third-order valence-corrected chi connectivity index (χ3v) is 5.73. The van der Waals surface area contributed by atoms with Crippen molar-refractivity contribution in [2.45, 2.75) is 24.6 Å². The van der Waals surface area contributed by atoms with Gasteiger partial charge in [-0.1, -0.05) is 30.3 Å². The zero-order valence-corrected chi connectivity index (χ0v) is 14.8. The number of amides is 1. The molecule has 6 nitrogen and oxygen atoms in total. The molecule has 4 rings (SSSR count). The molecule has 0 aliphatic carbocycles. The van der Waals surface area contributed by atoms with Gasteiger partial charge in [0.1, 0.15) is 6.61 Å². The van der Waals surface area contributed by atoms with Crippen LogP contribution in [0.4, 0.5) is 0 Å². The quantitative estimate of drug-likeness (QED) is 0.847. The van der Waals surface area contributed by atoms with Crippen LogP contribution in [0, 0.1) is 0 Å². The number of likely N-dealkylation sites (N-methyl/N-ethyl adjacent to an activating group) is 1. The lowest BCUT2D eigenvalue weighted by Crippen LogP contribution is -2.66. The summed E-state index contributed by atoms with van der Waals surface area (Å²) in [5.74, 6) is 0.0557. The number of fused-ring (bicyclic) bond motifs is 1. The van der Waals surface area contributed by atoms with Crippen molar-refractivity contribution in [1.82, 2.24) is 19.6 Å². The van der Waals surface area contributed by atoms with E-state index in [1.54, 1.807) is 0 Å². The maximum Gasteiger partial charge on any atom is 0.249 e. The highest BCUT2D eigenvalue weighted by atomic mass is 16.5.